The van der Waals surface area contributed by atoms with Gasteiger partial charge in [-0.05, 0) is 37.4 Å². The summed E-state index contributed by atoms with van der Waals surface area (Å²) >= 11 is 1.32. The molecule has 3 heterocycles. The van der Waals surface area contributed by atoms with Gasteiger partial charge in [-0.1, -0.05) is 23.5 Å². The zero-order valence-electron chi connectivity index (χ0n) is 16.3. The first-order valence-corrected chi connectivity index (χ1v) is 10.5. The minimum absolute atomic E-state index is 0.239. The molecule has 0 bridgehead atoms. The fraction of sp³-hybridized carbons (Fsp3) is 0.350. The molecule has 29 heavy (non-hydrogen) atoms. The standard InChI is InChI=1S/C20H25N7OS/c1-26-12-15(11-23-26)24-19(28)17-18(22)29-20(25-17)14-3-2-4-16(9-14)27-7-5-13(10-21)6-8-27/h2-4,9,11-13H,5-8,10,21-22H2,1H3,(H,24,28). The van der Waals surface area contributed by atoms with E-state index in [-0.39, 0.29) is 11.6 Å². The number of nitrogens with zero attached hydrogens (tertiary/aromatic N) is 4. The smallest absolute Gasteiger partial charge is 0.277 e. The number of rotatable bonds is 5. The quantitative estimate of drug-likeness (QED) is 0.594. The van der Waals surface area contributed by atoms with E-state index in [0.29, 0.717) is 16.6 Å². The Bertz CT molecular complexity index is 1000. The molecule has 8 nitrogen and oxygen atoms in total. The molecule has 4 rings (SSSR count). The first-order chi connectivity index (χ1) is 14.0. The summed E-state index contributed by atoms with van der Waals surface area (Å²) in [6, 6.07) is 8.24. The maximum absolute atomic E-state index is 12.6. The van der Waals surface area contributed by atoms with Gasteiger partial charge in [0.15, 0.2) is 5.69 Å². The summed E-state index contributed by atoms with van der Waals surface area (Å²) in [5, 5.41) is 7.96. The van der Waals surface area contributed by atoms with E-state index in [2.05, 4.69) is 32.4 Å². The third kappa shape index (κ3) is 4.25. The van der Waals surface area contributed by atoms with Gasteiger partial charge in [0.1, 0.15) is 10.0 Å². The Morgan fingerprint density at radius 2 is 2.14 bits per heavy atom. The highest BCUT2D eigenvalue weighted by atomic mass is 32.1. The maximum atomic E-state index is 12.6. The van der Waals surface area contributed by atoms with Crippen molar-refractivity contribution in [3.05, 3.63) is 42.4 Å². The molecule has 0 radical (unpaired) electrons. The summed E-state index contributed by atoms with van der Waals surface area (Å²) < 4.78 is 1.62. The van der Waals surface area contributed by atoms with Crippen LogP contribution in [0.25, 0.3) is 10.6 Å². The molecule has 1 saturated heterocycles. The number of hydrogen-bond acceptors (Lipinski definition) is 7. The molecule has 2 aromatic heterocycles. The largest absolute Gasteiger partial charge is 0.389 e. The number of hydrogen-bond donors (Lipinski definition) is 3. The summed E-state index contributed by atoms with van der Waals surface area (Å²) in [6.45, 7) is 2.77. The van der Waals surface area contributed by atoms with Gasteiger partial charge >= 0.3 is 0 Å². The summed E-state index contributed by atoms with van der Waals surface area (Å²) in [6.07, 6.45) is 5.53. The van der Waals surface area contributed by atoms with Crippen molar-refractivity contribution in [1.82, 2.24) is 14.8 Å². The second-order valence-corrected chi connectivity index (χ2v) is 8.34. The Hall–Kier alpha value is -2.91. The van der Waals surface area contributed by atoms with Crippen molar-refractivity contribution in [2.75, 3.05) is 35.6 Å². The second-order valence-electron chi connectivity index (χ2n) is 7.31. The maximum Gasteiger partial charge on any atom is 0.277 e. The lowest BCUT2D eigenvalue weighted by Crippen LogP contribution is -2.36. The molecule has 1 fully saturated rings. The number of nitrogen functional groups attached to an aromatic ring is 1. The van der Waals surface area contributed by atoms with Crippen LogP contribution in [0.1, 0.15) is 23.3 Å². The van der Waals surface area contributed by atoms with Crippen LogP contribution in [0.3, 0.4) is 0 Å². The van der Waals surface area contributed by atoms with Gasteiger partial charge in [-0.3, -0.25) is 9.48 Å². The SMILES string of the molecule is Cn1cc(NC(=O)c2nc(-c3cccc(N4CCC(CN)CC4)c3)sc2N)cn1. The molecule has 1 amide bonds. The van der Waals surface area contributed by atoms with E-state index < -0.39 is 0 Å². The van der Waals surface area contributed by atoms with Crippen LogP contribution >= 0.6 is 11.3 Å². The highest BCUT2D eigenvalue weighted by molar-refractivity contribution is 7.19. The van der Waals surface area contributed by atoms with Crippen LogP contribution in [0.4, 0.5) is 16.4 Å². The first kappa shape index (κ1) is 19.4. The molecule has 1 aliphatic heterocycles. The van der Waals surface area contributed by atoms with Crippen molar-refractivity contribution in [2.45, 2.75) is 12.8 Å². The monoisotopic (exact) mass is 411 g/mol. The first-order valence-electron chi connectivity index (χ1n) is 9.65. The summed E-state index contributed by atoms with van der Waals surface area (Å²) in [5.74, 6) is 0.284. The van der Waals surface area contributed by atoms with Crippen LogP contribution in [-0.2, 0) is 7.05 Å². The summed E-state index contributed by atoms with van der Waals surface area (Å²) in [5.41, 5.74) is 14.9. The van der Waals surface area contributed by atoms with Crippen molar-refractivity contribution >= 4 is 33.6 Å². The third-order valence-corrected chi connectivity index (χ3v) is 6.17. The molecule has 0 saturated carbocycles. The number of nitrogens with one attached hydrogen (secondary N) is 1. The zero-order valence-corrected chi connectivity index (χ0v) is 17.2. The van der Waals surface area contributed by atoms with E-state index in [1.165, 1.54) is 11.3 Å². The van der Waals surface area contributed by atoms with Crippen molar-refractivity contribution < 1.29 is 4.79 Å². The number of amides is 1. The van der Waals surface area contributed by atoms with Crippen LogP contribution in [0.2, 0.25) is 0 Å². The van der Waals surface area contributed by atoms with Crippen LogP contribution in [-0.4, -0.2) is 40.3 Å². The summed E-state index contributed by atoms with van der Waals surface area (Å²) in [7, 11) is 1.79. The lowest BCUT2D eigenvalue weighted by Gasteiger charge is -2.33. The minimum atomic E-state index is -0.335. The molecule has 9 heteroatoms. The van der Waals surface area contributed by atoms with Gasteiger partial charge < -0.3 is 21.7 Å². The second kappa shape index (κ2) is 8.22. The van der Waals surface area contributed by atoms with Gasteiger partial charge in [0.05, 0.1) is 11.9 Å². The van der Waals surface area contributed by atoms with Crippen molar-refractivity contribution in [2.24, 2.45) is 18.7 Å². The fourth-order valence-corrected chi connectivity index (χ4v) is 4.38. The minimum Gasteiger partial charge on any atom is -0.389 e. The van der Waals surface area contributed by atoms with E-state index >= 15 is 0 Å². The van der Waals surface area contributed by atoms with Crippen LogP contribution < -0.4 is 21.7 Å². The van der Waals surface area contributed by atoms with Gasteiger partial charge in [0.2, 0.25) is 0 Å². The molecule has 1 aliphatic rings. The average Bonchev–Trinajstić information content (AvgIpc) is 3.33. The van der Waals surface area contributed by atoms with Gasteiger partial charge in [-0.2, -0.15) is 5.10 Å². The zero-order chi connectivity index (χ0) is 20.4. The molecule has 0 spiro atoms. The molecule has 0 unspecified atom stereocenters. The normalized spacial score (nSPS) is 14.9. The van der Waals surface area contributed by atoms with E-state index in [1.807, 2.05) is 12.1 Å². The number of nitrogens with two attached hydrogens (primary N) is 2. The number of thiazole rings is 1. The van der Waals surface area contributed by atoms with Gasteiger partial charge in [0, 0.05) is 37.6 Å². The van der Waals surface area contributed by atoms with E-state index in [1.54, 1.807) is 24.1 Å². The molecular weight excluding hydrogens is 386 g/mol. The average molecular weight is 412 g/mol. The number of anilines is 3. The molecule has 1 aromatic carbocycles. The third-order valence-electron chi connectivity index (χ3n) is 5.24. The Morgan fingerprint density at radius 3 is 2.83 bits per heavy atom. The molecule has 0 atom stereocenters. The lowest BCUT2D eigenvalue weighted by atomic mass is 9.96. The van der Waals surface area contributed by atoms with E-state index in [9.17, 15) is 4.79 Å². The van der Waals surface area contributed by atoms with Crippen LogP contribution in [0.15, 0.2) is 36.7 Å². The molecule has 3 aromatic rings. The summed E-state index contributed by atoms with van der Waals surface area (Å²) in [4.78, 5) is 19.5. The fourth-order valence-electron chi connectivity index (χ4n) is 3.56. The van der Waals surface area contributed by atoms with E-state index in [4.69, 9.17) is 11.5 Å². The van der Waals surface area contributed by atoms with Gasteiger partial charge in [0.25, 0.3) is 5.91 Å². The number of aryl methyl sites for hydroxylation is 1. The number of piperidine rings is 1. The van der Waals surface area contributed by atoms with Crippen molar-refractivity contribution in [3.8, 4) is 10.6 Å². The van der Waals surface area contributed by atoms with Crippen LogP contribution in [0.5, 0.6) is 0 Å². The van der Waals surface area contributed by atoms with Crippen LogP contribution in [0, 0.1) is 5.92 Å². The lowest BCUT2D eigenvalue weighted by molar-refractivity contribution is 0.102. The molecule has 152 valence electrons. The molecule has 0 aliphatic carbocycles. The van der Waals surface area contributed by atoms with Gasteiger partial charge in [-0.15, -0.1) is 0 Å². The Morgan fingerprint density at radius 1 is 1.34 bits per heavy atom. The van der Waals surface area contributed by atoms with Crippen molar-refractivity contribution in [1.29, 1.82) is 0 Å². The predicted molar refractivity (Wildman–Crippen MR) is 117 cm³/mol. The van der Waals surface area contributed by atoms with Crippen molar-refractivity contribution in [3.63, 3.8) is 0 Å². The number of benzene rings is 1. The Kier molecular flexibility index (Phi) is 5.50. The topological polar surface area (TPSA) is 115 Å². The Labute approximate surface area is 173 Å². The van der Waals surface area contributed by atoms with E-state index in [0.717, 1.165) is 48.7 Å². The number of carbonyl (C=O) groups is 1. The highest BCUT2D eigenvalue weighted by Gasteiger charge is 2.20. The Balaban J connectivity index is 1.52. The number of carbonyl (C=O) groups excluding carboxylic acids is 1. The highest BCUT2D eigenvalue weighted by Crippen LogP contribution is 2.33. The molecular formula is C20H25N7OS. The molecule has 5 N–H and O–H groups in total. The number of aromatic nitrogens is 3. The predicted octanol–water partition coefficient (Wildman–Crippen LogP) is 2.55. The van der Waals surface area contributed by atoms with Gasteiger partial charge in [-0.25, -0.2) is 4.98 Å².